The van der Waals surface area contributed by atoms with Gasteiger partial charge in [-0.3, -0.25) is 9.78 Å². The van der Waals surface area contributed by atoms with Crippen molar-refractivity contribution >= 4 is 12.0 Å². The van der Waals surface area contributed by atoms with E-state index in [9.17, 15) is 9.59 Å². The highest BCUT2D eigenvalue weighted by atomic mass is 16.5. The molecule has 0 spiro atoms. The van der Waals surface area contributed by atoms with Crippen molar-refractivity contribution in [3.05, 3.63) is 66.0 Å². The monoisotopic (exact) mass is 338 g/mol. The van der Waals surface area contributed by atoms with Crippen LogP contribution in [0.4, 0.5) is 4.79 Å². The normalized spacial score (nSPS) is 11.0. The average Bonchev–Trinajstić information content (AvgIpc) is 2.65. The first kappa shape index (κ1) is 17.9. The van der Waals surface area contributed by atoms with Crippen LogP contribution in [-0.4, -0.2) is 29.6 Å². The zero-order chi connectivity index (χ0) is 17.9. The third kappa shape index (κ3) is 6.31. The molecule has 1 aromatic carbocycles. The number of aromatic nitrogens is 1. The van der Waals surface area contributed by atoms with Gasteiger partial charge < -0.3 is 15.4 Å². The minimum Gasteiger partial charge on any atom is -0.445 e. The maximum absolute atomic E-state index is 12.2. The Balaban J connectivity index is 1.95. The molecule has 1 atom stereocenters. The lowest BCUT2D eigenvalue weighted by Crippen LogP contribution is -2.48. The summed E-state index contributed by atoms with van der Waals surface area (Å²) in [5.74, 6) is -0.449. The Morgan fingerprint density at radius 3 is 2.52 bits per heavy atom. The fourth-order valence-electron chi connectivity index (χ4n) is 2.12. The van der Waals surface area contributed by atoms with Gasteiger partial charge in [0, 0.05) is 18.8 Å². The minimum atomic E-state index is -0.848. The van der Waals surface area contributed by atoms with Crippen molar-refractivity contribution in [2.45, 2.75) is 19.1 Å². The van der Waals surface area contributed by atoms with Gasteiger partial charge in [-0.05, 0) is 23.3 Å². The fraction of sp³-hybridized carbons (Fsp3) is 0.222. The van der Waals surface area contributed by atoms with Crippen LogP contribution in [0, 0.1) is 11.3 Å². The lowest BCUT2D eigenvalue weighted by molar-refractivity contribution is -0.122. The standard InChI is InChI=1S/C18H18N4O3/c19-8-11-21-17(23)16(12-14-6-9-20-10-7-14)22-18(24)25-13-15-4-2-1-3-5-15/h1-7,9-10,16H,11-13H2,(H,21,23)(H,22,24)/t16-/m1/s1. The molecule has 0 aliphatic rings. The number of carbonyl (C=O) groups excluding carboxylic acids is 2. The van der Waals surface area contributed by atoms with E-state index in [1.165, 1.54) is 0 Å². The number of nitrogens with one attached hydrogen (secondary N) is 2. The van der Waals surface area contributed by atoms with Crippen LogP contribution in [0.1, 0.15) is 11.1 Å². The summed E-state index contributed by atoms with van der Waals surface area (Å²) in [5, 5.41) is 13.6. The third-order valence-corrected chi connectivity index (χ3v) is 3.35. The number of nitriles is 1. The van der Waals surface area contributed by atoms with E-state index in [0.29, 0.717) is 0 Å². The zero-order valence-corrected chi connectivity index (χ0v) is 13.5. The Hall–Kier alpha value is -3.40. The maximum Gasteiger partial charge on any atom is 0.408 e. The number of alkyl carbamates (subject to hydrolysis) is 1. The van der Waals surface area contributed by atoms with Crippen molar-refractivity contribution in [2.75, 3.05) is 6.54 Å². The molecule has 0 fully saturated rings. The van der Waals surface area contributed by atoms with Crippen molar-refractivity contribution in [3.8, 4) is 6.07 Å². The Bertz CT molecular complexity index is 729. The molecule has 25 heavy (non-hydrogen) atoms. The molecule has 0 unspecified atom stereocenters. The molecule has 7 heteroatoms. The van der Waals surface area contributed by atoms with Gasteiger partial charge in [0.1, 0.15) is 19.2 Å². The second-order valence-electron chi connectivity index (χ2n) is 5.19. The third-order valence-electron chi connectivity index (χ3n) is 3.35. The first-order valence-electron chi connectivity index (χ1n) is 7.70. The zero-order valence-electron chi connectivity index (χ0n) is 13.5. The molecule has 0 bridgehead atoms. The van der Waals surface area contributed by atoms with Crippen molar-refractivity contribution in [1.82, 2.24) is 15.6 Å². The van der Waals surface area contributed by atoms with E-state index in [1.54, 1.807) is 24.5 Å². The van der Waals surface area contributed by atoms with E-state index in [0.717, 1.165) is 11.1 Å². The Morgan fingerprint density at radius 1 is 1.12 bits per heavy atom. The molecule has 0 saturated heterocycles. The minimum absolute atomic E-state index is 0.106. The predicted octanol–water partition coefficient (Wildman–Crippen LogP) is 1.56. The molecule has 2 amide bonds. The number of amides is 2. The Kier molecular flexibility index (Phi) is 6.95. The van der Waals surface area contributed by atoms with E-state index in [1.807, 2.05) is 36.4 Å². The molecule has 0 aliphatic heterocycles. The summed E-state index contributed by atoms with van der Waals surface area (Å²) >= 11 is 0. The number of hydrogen-bond acceptors (Lipinski definition) is 5. The molecule has 0 aliphatic carbocycles. The fourth-order valence-corrected chi connectivity index (χ4v) is 2.12. The SMILES string of the molecule is N#CCNC(=O)[C@@H](Cc1ccncc1)NC(=O)OCc1ccccc1. The lowest BCUT2D eigenvalue weighted by atomic mass is 10.1. The largest absolute Gasteiger partial charge is 0.445 e. The second-order valence-corrected chi connectivity index (χ2v) is 5.19. The second kappa shape index (κ2) is 9.67. The molecular weight excluding hydrogens is 320 g/mol. The summed E-state index contributed by atoms with van der Waals surface area (Å²) in [4.78, 5) is 28.1. The quantitative estimate of drug-likeness (QED) is 0.746. The maximum atomic E-state index is 12.2. The summed E-state index contributed by atoms with van der Waals surface area (Å²) in [6.07, 6.45) is 2.77. The Labute approximate surface area is 145 Å². The highest BCUT2D eigenvalue weighted by molar-refractivity contribution is 5.86. The van der Waals surface area contributed by atoms with Crippen LogP contribution in [0.2, 0.25) is 0 Å². The van der Waals surface area contributed by atoms with Crippen LogP contribution >= 0.6 is 0 Å². The van der Waals surface area contributed by atoms with Gasteiger partial charge in [-0.2, -0.15) is 5.26 Å². The number of nitrogens with zero attached hydrogens (tertiary/aromatic N) is 2. The topological polar surface area (TPSA) is 104 Å². The van der Waals surface area contributed by atoms with E-state index < -0.39 is 18.0 Å². The number of carbonyl (C=O) groups is 2. The number of ether oxygens (including phenoxy) is 1. The number of pyridine rings is 1. The summed E-state index contributed by atoms with van der Waals surface area (Å²) in [6, 6.07) is 13.7. The molecule has 1 heterocycles. The van der Waals surface area contributed by atoms with Crippen LogP contribution in [-0.2, 0) is 22.6 Å². The molecule has 7 nitrogen and oxygen atoms in total. The predicted molar refractivity (Wildman–Crippen MR) is 90.1 cm³/mol. The number of hydrogen-bond donors (Lipinski definition) is 2. The van der Waals surface area contributed by atoms with Gasteiger partial charge in [0.25, 0.3) is 0 Å². The summed E-state index contributed by atoms with van der Waals surface area (Å²) in [5.41, 5.74) is 1.67. The first-order valence-corrected chi connectivity index (χ1v) is 7.70. The van der Waals surface area contributed by atoms with E-state index in [-0.39, 0.29) is 19.6 Å². The van der Waals surface area contributed by atoms with Crippen LogP contribution < -0.4 is 10.6 Å². The van der Waals surface area contributed by atoms with Gasteiger partial charge in [-0.15, -0.1) is 0 Å². The molecule has 2 rings (SSSR count). The molecule has 2 N–H and O–H groups in total. The number of benzene rings is 1. The summed E-state index contributed by atoms with van der Waals surface area (Å²) in [6.45, 7) is -0.0269. The molecule has 1 aromatic heterocycles. The summed E-state index contributed by atoms with van der Waals surface area (Å²) in [7, 11) is 0. The van der Waals surface area contributed by atoms with Gasteiger partial charge in [0.15, 0.2) is 0 Å². The van der Waals surface area contributed by atoms with Crippen LogP contribution in [0.25, 0.3) is 0 Å². The Morgan fingerprint density at radius 2 is 1.84 bits per heavy atom. The van der Waals surface area contributed by atoms with E-state index in [4.69, 9.17) is 10.00 Å². The lowest BCUT2D eigenvalue weighted by Gasteiger charge is -2.17. The van der Waals surface area contributed by atoms with Crippen LogP contribution in [0.5, 0.6) is 0 Å². The summed E-state index contributed by atoms with van der Waals surface area (Å²) < 4.78 is 5.14. The molecule has 0 radical (unpaired) electrons. The van der Waals surface area contributed by atoms with E-state index >= 15 is 0 Å². The molecule has 128 valence electrons. The van der Waals surface area contributed by atoms with Crippen molar-refractivity contribution in [3.63, 3.8) is 0 Å². The van der Waals surface area contributed by atoms with Crippen LogP contribution in [0.15, 0.2) is 54.9 Å². The van der Waals surface area contributed by atoms with E-state index in [2.05, 4.69) is 15.6 Å². The van der Waals surface area contributed by atoms with Crippen molar-refractivity contribution < 1.29 is 14.3 Å². The smallest absolute Gasteiger partial charge is 0.408 e. The molecule has 2 aromatic rings. The molecule has 0 saturated carbocycles. The highest BCUT2D eigenvalue weighted by Crippen LogP contribution is 2.04. The van der Waals surface area contributed by atoms with Gasteiger partial charge in [-0.25, -0.2) is 4.79 Å². The average molecular weight is 338 g/mol. The van der Waals surface area contributed by atoms with Gasteiger partial charge in [0.05, 0.1) is 6.07 Å². The number of rotatable bonds is 7. The van der Waals surface area contributed by atoms with Gasteiger partial charge >= 0.3 is 6.09 Å². The van der Waals surface area contributed by atoms with Crippen LogP contribution in [0.3, 0.4) is 0 Å². The van der Waals surface area contributed by atoms with Crippen molar-refractivity contribution in [2.24, 2.45) is 0 Å². The van der Waals surface area contributed by atoms with Gasteiger partial charge in [-0.1, -0.05) is 30.3 Å². The molecular formula is C18H18N4O3. The first-order chi connectivity index (χ1) is 12.2. The van der Waals surface area contributed by atoms with Crippen molar-refractivity contribution in [1.29, 1.82) is 5.26 Å². The highest BCUT2D eigenvalue weighted by Gasteiger charge is 2.21. The van der Waals surface area contributed by atoms with Gasteiger partial charge in [0.2, 0.25) is 5.91 Å².